The molecule has 43 heavy (non-hydrogen) atoms. The van der Waals surface area contributed by atoms with Gasteiger partial charge in [0, 0.05) is 55.4 Å². The van der Waals surface area contributed by atoms with E-state index < -0.39 is 88.1 Å². The molecule has 10 atom stereocenters. The first-order valence-electron chi connectivity index (χ1n) is 14.7. The normalized spacial score (nSPS) is 39.4. The highest BCUT2D eigenvalue weighted by atomic mass is 16.6. The molecule has 2 bridgehead atoms. The molecule has 0 aromatic rings. The molecule has 0 aromatic carbocycles. The largest absolute Gasteiger partial charge is 0.459 e. The maximum atomic E-state index is 14.2. The van der Waals surface area contributed by atoms with E-state index in [4.69, 9.17) is 14.2 Å². The second kappa shape index (κ2) is 11.1. The molecule has 5 N–H and O–H groups in total. The van der Waals surface area contributed by atoms with Gasteiger partial charge >= 0.3 is 11.9 Å². The van der Waals surface area contributed by atoms with Gasteiger partial charge in [0.25, 0.3) is 0 Å². The quantitative estimate of drug-likeness (QED) is 0.210. The molecule has 0 unspecified atom stereocenters. The van der Waals surface area contributed by atoms with Gasteiger partial charge in [-0.3, -0.25) is 14.4 Å². The number of carbonyl (C=O) groups is 4. The molecule has 2 saturated carbocycles. The van der Waals surface area contributed by atoms with E-state index in [1.165, 1.54) is 19.9 Å². The Morgan fingerprint density at radius 2 is 1.72 bits per heavy atom. The number of allylic oxidation sites excluding steroid dienone is 1. The predicted octanol–water partition coefficient (Wildman–Crippen LogP) is 0.629. The zero-order chi connectivity index (χ0) is 32.4. The number of Topliss-reactive ketones (excluding diaryl/α,β-unsaturated/α-hetero) is 1. The van der Waals surface area contributed by atoms with E-state index in [9.17, 15) is 39.6 Å². The van der Waals surface area contributed by atoms with Crippen molar-refractivity contribution in [3.63, 3.8) is 0 Å². The van der Waals surface area contributed by atoms with Crippen molar-refractivity contribution in [2.45, 2.75) is 122 Å². The molecule has 3 fully saturated rings. The van der Waals surface area contributed by atoms with Crippen molar-refractivity contribution >= 4 is 23.6 Å². The van der Waals surface area contributed by atoms with Crippen LogP contribution in [0.5, 0.6) is 0 Å². The Morgan fingerprint density at radius 3 is 2.23 bits per heavy atom. The number of carbonyl (C=O) groups excluding carboxylic acids is 4. The standard InChI is InChI=1S/C31H45NO11/c1-14(2)9-18(32-16(4)33)24(37)27(38)43-20-12-31(40)26(42-17(5)34)25-29(8,21(36)10-22-30(25,39)13-41-22)11-19(35)23(15(20)3)28(31,6)7/h9,18,20-22,24-26,36-37,39-40H,10-13H2,1-8H3,(H,32,33)/t18-,20-,21-,22+,24+,25-,26-,29+,30-,31+/m0/s1. The number of amides is 1. The number of ketones is 1. The topological polar surface area (TPSA) is 189 Å². The highest BCUT2D eigenvalue weighted by Crippen LogP contribution is 2.63. The van der Waals surface area contributed by atoms with Crippen LogP contribution in [0.4, 0.5) is 0 Å². The Morgan fingerprint density at radius 1 is 1.09 bits per heavy atom. The van der Waals surface area contributed by atoms with E-state index in [0.29, 0.717) is 5.57 Å². The van der Waals surface area contributed by atoms with Crippen molar-refractivity contribution in [2.24, 2.45) is 16.7 Å². The van der Waals surface area contributed by atoms with E-state index in [0.717, 1.165) is 5.57 Å². The van der Waals surface area contributed by atoms with Crippen LogP contribution in [0.15, 0.2) is 22.8 Å². The molecule has 4 aliphatic rings. The van der Waals surface area contributed by atoms with Gasteiger partial charge in [0.2, 0.25) is 5.91 Å². The molecular weight excluding hydrogens is 562 g/mol. The van der Waals surface area contributed by atoms with Crippen molar-refractivity contribution in [3.05, 3.63) is 22.8 Å². The molecule has 1 aliphatic heterocycles. The number of ether oxygens (including phenoxy) is 3. The third kappa shape index (κ3) is 5.24. The fraction of sp³-hybridized carbons (Fsp3) is 0.742. The Bertz CT molecular complexity index is 1270. The maximum absolute atomic E-state index is 14.2. The van der Waals surface area contributed by atoms with Crippen LogP contribution in [-0.2, 0) is 33.4 Å². The van der Waals surface area contributed by atoms with Gasteiger partial charge in [-0.2, -0.15) is 0 Å². The van der Waals surface area contributed by atoms with Gasteiger partial charge < -0.3 is 40.0 Å². The van der Waals surface area contributed by atoms with Gasteiger partial charge in [0.15, 0.2) is 11.9 Å². The van der Waals surface area contributed by atoms with E-state index in [1.807, 2.05) is 0 Å². The number of nitrogens with one attached hydrogen (secondary N) is 1. The van der Waals surface area contributed by atoms with Gasteiger partial charge in [-0.15, -0.1) is 0 Å². The second-order valence-corrected chi connectivity index (χ2v) is 13.8. The summed E-state index contributed by atoms with van der Waals surface area (Å²) in [5, 5.41) is 49.3. The number of hydrogen-bond acceptors (Lipinski definition) is 11. The first-order valence-corrected chi connectivity index (χ1v) is 14.7. The molecule has 3 aliphatic carbocycles. The molecule has 12 heteroatoms. The fourth-order valence-corrected chi connectivity index (χ4v) is 7.97. The first kappa shape index (κ1) is 33.3. The molecule has 12 nitrogen and oxygen atoms in total. The first-order chi connectivity index (χ1) is 19.7. The summed E-state index contributed by atoms with van der Waals surface area (Å²) in [7, 11) is 0. The second-order valence-electron chi connectivity index (χ2n) is 13.8. The lowest BCUT2D eigenvalue weighted by Gasteiger charge is -2.66. The Labute approximate surface area is 251 Å². The Kier molecular flexibility index (Phi) is 8.56. The lowest BCUT2D eigenvalue weighted by atomic mass is 9.45. The van der Waals surface area contributed by atoms with Crippen molar-refractivity contribution < 1.29 is 53.8 Å². The number of esters is 2. The van der Waals surface area contributed by atoms with Crippen molar-refractivity contribution in [3.8, 4) is 0 Å². The minimum atomic E-state index is -2.09. The highest BCUT2D eigenvalue weighted by Gasteiger charge is 2.74. The molecule has 0 radical (unpaired) electrons. The van der Waals surface area contributed by atoms with Crippen LogP contribution in [0.1, 0.15) is 74.7 Å². The zero-order valence-electron chi connectivity index (χ0n) is 26.1. The molecule has 4 rings (SSSR count). The van der Waals surface area contributed by atoms with Crippen molar-refractivity contribution in [1.29, 1.82) is 0 Å². The van der Waals surface area contributed by atoms with E-state index >= 15 is 0 Å². The van der Waals surface area contributed by atoms with Crippen LogP contribution in [0.2, 0.25) is 0 Å². The average molecular weight is 608 g/mol. The molecule has 1 heterocycles. The number of aliphatic hydroxyl groups excluding tert-OH is 2. The Balaban J connectivity index is 1.84. The number of rotatable bonds is 6. The van der Waals surface area contributed by atoms with Gasteiger partial charge in [-0.1, -0.05) is 32.4 Å². The average Bonchev–Trinajstić information content (AvgIpc) is 2.86. The third-order valence-electron chi connectivity index (χ3n) is 10.2. The number of hydrogen-bond donors (Lipinski definition) is 5. The fourth-order valence-electron chi connectivity index (χ4n) is 7.97. The third-order valence-corrected chi connectivity index (χ3v) is 10.2. The number of fused-ring (bicyclic) bond motifs is 5. The molecule has 240 valence electrons. The SMILES string of the molecule is CC(=O)N[C@@H](C=C(C)C)[C@@H](O)C(=O)O[C@H]1C[C@@]2(O)[C@@H](OC(C)=O)[C@H]3[C@](C)(CC(=O)C(=C1C)C2(C)C)[C@@H](O)C[C@H]1OC[C@]13O. The van der Waals surface area contributed by atoms with Crippen LogP contribution >= 0.6 is 0 Å². The maximum Gasteiger partial charge on any atom is 0.338 e. The lowest BCUT2D eigenvalue weighted by Crippen LogP contribution is -2.79. The van der Waals surface area contributed by atoms with Crippen LogP contribution in [0.3, 0.4) is 0 Å². The molecule has 0 spiro atoms. The summed E-state index contributed by atoms with van der Waals surface area (Å²) in [4.78, 5) is 51.8. The molecule has 1 amide bonds. The van der Waals surface area contributed by atoms with Gasteiger partial charge in [0.05, 0.1) is 24.9 Å². The summed E-state index contributed by atoms with van der Waals surface area (Å²) >= 11 is 0. The number of aliphatic hydroxyl groups is 4. The summed E-state index contributed by atoms with van der Waals surface area (Å²) < 4.78 is 17.2. The summed E-state index contributed by atoms with van der Waals surface area (Å²) in [6.07, 6.45) is -5.44. The van der Waals surface area contributed by atoms with E-state index in [2.05, 4.69) is 5.32 Å². The smallest absolute Gasteiger partial charge is 0.338 e. The summed E-state index contributed by atoms with van der Waals surface area (Å²) in [5.74, 6) is -3.87. The van der Waals surface area contributed by atoms with Gasteiger partial charge in [0.1, 0.15) is 23.4 Å². The minimum Gasteiger partial charge on any atom is -0.459 e. The van der Waals surface area contributed by atoms with Crippen LogP contribution in [-0.4, -0.2) is 98.4 Å². The molecule has 1 saturated heterocycles. The minimum absolute atomic E-state index is 0.0582. The van der Waals surface area contributed by atoms with Crippen LogP contribution in [0, 0.1) is 16.7 Å². The van der Waals surface area contributed by atoms with Crippen LogP contribution in [0.25, 0.3) is 0 Å². The Hall–Kier alpha value is -2.64. The lowest BCUT2D eigenvalue weighted by molar-refractivity contribution is -0.349. The predicted molar refractivity (Wildman–Crippen MR) is 151 cm³/mol. The van der Waals surface area contributed by atoms with Gasteiger partial charge in [-0.05, 0) is 26.3 Å². The molecular formula is C31H45NO11. The highest BCUT2D eigenvalue weighted by molar-refractivity contribution is 5.99. The zero-order valence-corrected chi connectivity index (χ0v) is 26.1. The van der Waals surface area contributed by atoms with E-state index in [1.54, 1.807) is 41.5 Å². The summed E-state index contributed by atoms with van der Waals surface area (Å²) in [6.45, 7) is 12.2. The van der Waals surface area contributed by atoms with Crippen molar-refractivity contribution in [1.82, 2.24) is 5.32 Å². The van der Waals surface area contributed by atoms with Gasteiger partial charge in [-0.25, -0.2) is 4.79 Å². The summed E-state index contributed by atoms with van der Waals surface area (Å²) in [5.41, 5.74) is -5.16. The monoisotopic (exact) mass is 607 g/mol. The van der Waals surface area contributed by atoms with Crippen LogP contribution < -0.4 is 5.32 Å². The summed E-state index contributed by atoms with van der Waals surface area (Å²) in [6, 6.07) is -1.10. The van der Waals surface area contributed by atoms with Crippen molar-refractivity contribution in [2.75, 3.05) is 6.61 Å². The van der Waals surface area contributed by atoms with E-state index in [-0.39, 0.29) is 31.4 Å². The molecule has 0 aromatic heterocycles.